The van der Waals surface area contributed by atoms with Crippen molar-refractivity contribution >= 4 is 23.5 Å². The van der Waals surface area contributed by atoms with Gasteiger partial charge in [-0.15, -0.1) is 11.6 Å². The predicted molar refractivity (Wildman–Crippen MR) is 67.5 cm³/mol. The van der Waals surface area contributed by atoms with Gasteiger partial charge in [0.05, 0.1) is 11.8 Å². The number of nitrogens with zero attached hydrogens (tertiary/aromatic N) is 1. The molecule has 96 valence electrons. The molecule has 1 fully saturated rings. The lowest BCUT2D eigenvalue weighted by Gasteiger charge is -2.17. The molecule has 18 heavy (non-hydrogen) atoms. The Bertz CT molecular complexity index is 475. The van der Waals surface area contributed by atoms with Gasteiger partial charge < -0.3 is 10.0 Å². The molecule has 1 aliphatic heterocycles. The lowest BCUT2D eigenvalue weighted by atomic mass is 10.0. The molecule has 0 bridgehead atoms. The quantitative estimate of drug-likeness (QED) is 0.844. The Balaban J connectivity index is 2.13. The van der Waals surface area contributed by atoms with Gasteiger partial charge in [-0.05, 0) is 11.1 Å². The monoisotopic (exact) mass is 267 g/mol. The van der Waals surface area contributed by atoms with Crippen LogP contribution in [0.4, 0.5) is 0 Å². The molecular weight excluding hydrogens is 254 g/mol. The third-order valence-corrected chi connectivity index (χ3v) is 3.28. The Kier molecular flexibility index (Phi) is 3.87. The minimum Gasteiger partial charge on any atom is -0.481 e. The molecule has 5 heteroatoms. The number of amides is 1. The van der Waals surface area contributed by atoms with E-state index in [1.165, 1.54) is 0 Å². The van der Waals surface area contributed by atoms with Gasteiger partial charge in [0, 0.05) is 19.5 Å². The molecule has 0 aromatic heterocycles. The first-order chi connectivity index (χ1) is 8.56. The van der Waals surface area contributed by atoms with Gasteiger partial charge in [-0.3, -0.25) is 9.59 Å². The van der Waals surface area contributed by atoms with E-state index in [1.807, 2.05) is 12.1 Å². The summed E-state index contributed by atoms with van der Waals surface area (Å²) in [5.74, 6) is -0.842. The number of hydrogen-bond acceptors (Lipinski definition) is 2. The van der Waals surface area contributed by atoms with Crippen LogP contribution in [0.25, 0.3) is 0 Å². The van der Waals surface area contributed by atoms with Crippen molar-refractivity contribution in [1.29, 1.82) is 0 Å². The van der Waals surface area contributed by atoms with Gasteiger partial charge >= 0.3 is 5.97 Å². The standard InChI is InChI=1S/C13H14ClNO3/c14-11-6-12(16)15(8-11)7-10-4-2-1-3-9(10)5-13(17)18/h1-4,11H,5-8H2,(H,17,18). The molecule has 1 N–H and O–H groups in total. The maximum Gasteiger partial charge on any atom is 0.307 e. The number of hydrogen-bond donors (Lipinski definition) is 1. The summed E-state index contributed by atoms with van der Waals surface area (Å²) in [4.78, 5) is 24.1. The fraction of sp³-hybridized carbons (Fsp3) is 0.385. The first-order valence-corrected chi connectivity index (χ1v) is 6.20. The van der Waals surface area contributed by atoms with E-state index < -0.39 is 5.97 Å². The lowest BCUT2D eigenvalue weighted by molar-refractivity contribution is -0.136. The van der Waals surface area contributed by atoms with Gasteiger partial charge in [-0.25, -0.2) is 0 Å². The summed E-state index contributed by atoms with van der Waals surface area (Å²) < 4.78 is 0. The van der Waals surface area contributed by atoms with E-state index >= 15 is 0 Å². The highest BCUT2D eigenvalue weighted by Crippen LogP contribution is 2.20. The van der Waals surface area contributed by atoms with Crippen LogP contribution in [0.5, 0.6) is 0 Å². The second-order valence-electron chi connectivity index (χ2n) is 4.41. The van der Waals surface area contributed by atoms with E-state index in [2.05, 4.69) is 0 Å². The SMILES string of the molecule is O=C(O)Cc1ccccc1CN1CC(Cl)CC1=O. The van der Waals surface area contributed by atoms with Crippen molar-refractivity contribution in [2.75, 3.05) is 6.54 Å². The van der Waals surface area contributed by atoms with E-state index in [4.69, 9.17) is 16.7 Å². The first kappa shape index (κ1) is 12.9. The number of carboxylic acid groups (broad SMARTS) is 1. The average molecular weight is 268 g/mol. The smallest absolute Gasteiger partial charge is 0.307 e. The molecule has 4 nitrogen and oxygen atoms in total. The Hall–Kier alpha value is -1.55. The maximum atomic E-state index is 11.6. The van der Waals surface area contributed by atoms with Crippen molar-refractivity contribution < 1.29 is 14.7 Å². The van der Waals surface area contributed by atoms with Crippen molar-refractivity contribution in [2.24, 2.45) is 0 Å². The Labute approximate surface area is 110 Å². The summed E-state index contributed by atoms with van der Waals surface area (Å²) in [5.41, 5.74) is 1.62. The molecule has 1 amide bonds. The van der Waals surface area contributed by atoms with E-state index in [9.17, 15) is 9.59 Å². The summed E-state index contributed by atoms with van der Waals surface area (Å²) in [6, 6.07) is 7.28. The number of halogens is 1. The third kappa shape index (κ3) is 3.01. The number of aliphatic carboxylic acids is 1. The van der Waals surface area contributed by atoms with E-state index in [1.54, 1.807) is 17.0 Å². The highest BCUT2D eigenvalue weighted by molar-refractivity contribution is 6.22. The number of likely N-dealkylation sites (tertiary alicyclic amines) is 1. The molecule has 1 heterocycles. The van der Waals surface area contributed by atoms with Gasteiger partial charge in [0.2, 0.25) is 5.91 Å². The molecule has 1 atom stereocenters. The first-order valence-electron chi connectivity index (χ1n) is 5.76. The largest absolute Gasteiger partial charge is 0.481 e. The number of carbonyl (C=O) groups is 2. The summed E-state index contributed by atoms with van der Waals surface area (Å²) in [5, 5.41) is 8.71. The predicted octanol–water partition coefficient (Wildman–Crippen LogP) is 1.65. The second kappa shape index (κ2) is 5.40. The second-order valence-corrected chi connectivity index (χ2v) is 5.03. The summed E-state index contributed by atoms with van der Waals surface area (Å²) in [7, 11) is 0. The molecule has 2 rings (SSSR count). The zero-order chi connectivity index (χ0) is 13.1. The van der Waals surface area contributed by atoms with Crippen molar-refractivity contribution in [3.63, 3.8) is 0 Å². The van der Waals surface area contributed by atoms with Crippen LogP contribution in [-0.2, 0) is 22.6 Å². The Morgan fingerprint density at radius 1 is 1.39 bits per heavy atom. The number of carboxylic acids is 1. The van der Waals surface area contributed by atoms with Crippen LogP contribution >= 0.6 is 11.6 Å². The fourth-order valence-electron chi connectivity index (χ4n) is 2.13. The summed E-state index contributed by atoms with van der Waals surface area (Å²) in [6.07, 6.45) is 0.338. The van der Waals surface area contributed by atoms with Gasteiger partial charge in [0.25, 0.3) is 0 Å². The highest BCUT2D eigenvalue weighted by atomic mass is 35.5. The van der Waals surface area contributed by atoms with Gasteiger partial charge in [0.15, 0.2) is 0 Å². The van der Waals surface area contributed by atoms with Crippen molar-refractivity contribution in [3.8, 4) is 0 Å². The van der Waals surface area contributed by atoms with Gasteiger partial charge in [-0.2, -0.15) is 0 Å². The van der Waals surface area contributed by atoms with Crippen LogP contribution in [-0.4, -0.2) is 33.8 Å². The van der Waals surface area contributed by atoms with Crippen LogP contribution in [0.2, 0.25) is 0 Å². The number of benzene rings is 1. The van der Waals surface area contributed by atoms with E-state index in [0.29, 0.717) is 19.5 Å². The molecule has 1 aromatic carbocycles. The molecular formula is C13H14ClNO3. The molecule has 1 aliphatic rings. The van der Waals surface area contributed by atoms with Gasteiger partial charge in [-0.1, -0.05) is 24.3 Å². The summed E-state index contributed by atoms with van der Waals surface area (Å²) >= 11 is 5.94. The number of rotatable bonds is 4. The highest BCUT2D eigenvalue weighted by Gasteiger charge is 2.28. The fourth-order valence-corrected chi connectivity index (χ4v) is 2.43. The average Bonchev–Trinajstić information content (AvgIpc) is 2.59. The van der Waals surface area contributed by atoms with Crippen LogP contribution in [0.3, 0.4) is 0 Å². The third-order valence-electron chi connectivity index (χ3n) is 2.99. The normalized spacial score (nSPS) is 19.3. The van der Waals surface area contributed by atoms with Crippen LogP contribution < -0.4 is 0 Å². The summed E-state index contributed by atoms with van der Waals surface area (Å²) in [6.45, 7) is 0.966. The number of carbonyl (C=O) groups excluding carboxylic acids is 1. The van der Waals surface area contributed by atoms with Crippen molar-refractivity contribution in [2.45, 2.75) is 24.8 Å². The van der Waals surface area contributed by atoms with Crippen molar-refractivity contribution in [3.05, 3.63) is 35.4 Å². The molecule has 1 saturated heterocycles. The molecule has 0 spiro atoms. The van der Waals surface area contributed by atoms with Gasteiger partial charge in [0.1, 0.15) is 0 Å². The van der Waals surface area contributed by atoms with E-state index in [-0.39, 0.29) is 17.7 Å². The molecule has 1 aromatic rings. The molecule has 0 aliphatic carbocycles. The van der Waals surface area contributed by atoms with Crippen LogP contribution in [0.1, 0.15) is 17.5 Å². The Morgan fingerprint density at radius 2 is 2.06 bits per heavy atom. The molecule has 0 saturated carbocycles. The molecule has 1 unspecified atom stereocenters. The number of alkyl halides is 1. The van der Waals surface area contributed by atoms with Crippen molar-refractivity contribution in [1.82, 2.24) is 4.90 Å². The van der Waals surface area contributed by atoms with E-state index in [0.717, 1.165) is 11.1 Å². The minimum atomic E-state index is -0.870. The zero-order valence-corrected chi connectivity index (χ0v) is 10.6. The Morgan fingerprint density at radius 3 is 2.61 bits per heavy atom. The lowest BCUT2D eigenvalue weighted by Crippen LogP contribution is -2.25. The zero-order valence-electron chi connectivity index (χ0n) is 9.80. The maximum absolute atomic E-state index is 11.6. The molecule has 0 radical (unpaired) electrons. The van der Waals surface area contributed by atoms with Crippen LogP contribution in [0.15, 0.2) is 24.3 Å². The van der Waals surface area contributed by atoms with Crippen LogP contribution in [0, 0.1) is 0 Å². The topological polar surface area (TPSA) is 57.6 Å². The minimum absolute atomic E-state index is 0.0253.